The summed E-state index contributed by atoms with van der Waals surface area (Å²) in [5.41, 5.74) is 5.73. The second-order valence-electron chi connectivity index (χ2n) is 4.47. The molecule has 0 saturated carbocycles. The molecule has 0 aliphatic heterocycles. The number of primary amides is 1. The molecule has 0 aliphatic rings. The molecule has 0 spiro atoms. The minimum atomic E-state index is -0.536. The van der Waals surface area contributed by atoms with Gasteiger partial charge in [-0.2, -0.15) is 0 Å². The Labute approximate surface area is 125 Å². The maximum absolute atomic E-state index is 10.7. The Morgan fingerprint density at radius 3 is 2.38 bits per heavy atom. The maximum atomic E-state index is 10.7. The number of benzene rings is 2. The largest absolute Gasteiger partial charge is 0.451 e. The third-order valence-corrected chi connectivity index (χ3v) is 3.93. The number of furan rings is 1. The molecule has 3 nitrogen and oxygen atoms in total. The molecular weight excluding hydrogens is 282 g/mol. The second-order valence-corrected chi connectivity index (χ2v) is 5.42. The van der Waals surface area contributed by atoms with Gasteiger partial charge in [0.15, 0.2) is 5.76 Å². The Hall–Kier alpha value is -2.59. The summed E-state index contributed by atoms with van der Waals surface area (Å²) in [6.07, 6.45) is 0. The molecule has 0 fully saturated rings. The van der Waals surface area contributed by atoms with Gasteiger partial charge < -0.3 is 10.2 Å². The van der Waals surface area contributed by atoms with Crippen molar-refractivity contribution >= 4 is 38.3 Å². The average molecular weight is 295 g/mol. The number of hydrogen-bond acceptors (Lipinski definition) is 3. The van der Waals surface area contributed by atoms with E-state index in [-0.39, 0.29) is 5.76 Å². The Balaban J connectivity index is 0.000000131. The Bertz CT molecular complexity index is 828. The summed E-state index contributed by atoms with van der Waals surface area (Å²) in [4.78, 5) is 10.7. The van der Waals surface area contributed by atoms with Gasteiger partial charge in [0.25, 0.3) is 5.91 Å². The number of thiophene rings is 1. The van der Waals surface area contributed by atoms with Crippen LogP contribution in [0.1, 0.15) is 10.6 Å². The zero-order valence-corrected chi connectivity index (χ0v) is 12.0. The Morgan fingerprint density at radius 2 is 1.67 bits per heavy atom. The smallest absolute Gasteiger partial charge is 0.284 e. The van der Waals surface area contributed by atoms with Crippen molar-refractivity contribution < 1.29 is 9.21 Å². The number of carbonyl (C=O) groups is 1. The number of nitrogens with two attached hydrogens (primary N) is 1. The molecule has 21 heavy (non-hydrogen) atoms. The highest BCUT2D eigenvalue weighted by Crippen LogP contribution is 2.19. The first-order valence-corrected chi connectivity index (χ1v) is 7.32. The standard InChI is InChI=1S/C9H7NO2.C8H6S/c10-9(11)8-5-6-3-1-2-4-7(6)12-8;1-2-4-8-7(3-1)5-6-9-8/h1-5H,(H2,10,11);1-6H. The fourth-order valence-corrected chi connectivity index (χ4v) is 2.80. The molecule has 0 bridgehead atoms. The van der Waals surface area contributed by atoms with E-state index >= 15 is 0 Å². The van der Waals surface area contributed by atoms with Gasteiger partial charge in [0.05, 0.1) is 0 Å². The van der Waals surface area contributed by atoms with Crippen LogP contribution >= 0.6 is 11.3 Å². The molecule has 2 N–H and O–H groups in total. The summed E-state index contributed by atoms with van der Waals surface area (Å²) in [7, 11) is 0. The molecule has 4 rings (SSSR count). The minimum Gasteiger partial charge on any atom is -0.451 e. The maximum Gasteiger partial charge on any atom is 0.284 e. The van der Waals surface area contributed by atoms with Gasteiger partial charge in [-0.3, -0.25) is 4.79 Å². The summed E-state index contributed by atoms with van der Waals surface area (Å²) in [5, 5.41) is 4.36. The van der Waals surface area contributed by atoms with Crippen LogP contribution in [0, 0.1) is 0 Å². The number of amides is 1. The van der Waals surface area contributed by atoms with Gasteiger partial charge in [0.2, 0.25) is 0 Å². The van der Waals surface area contributed by atoms with Gasteiger partial charge in [0, 0.05) is 10.1 Å². The SMILES string of the molecule is NC(=O)c1cc2ccccc2o1.c1ccc2sccc2c1. The fourth-order valence-electron chi connectivity index (χ4n) is 2.01. The van der Waals surface area contributed by atoms with Crippen molar-refractivity contribution in [1.82, 2.24) is 0 Å². The molecule has 4 heteroatoms. The number of hydrogen-bond donors (Lipinski definition) is 1. The third-order valence-electron chi connectivity index (χ3n) is 3.03. The van der Waals surface area contributed by atoms with Crippen molar-refractivity contribution in [2.75, 3.05) is 0 Å². The van der Waals surface area contributed by atoms with Crippen molar-refractivity contribution in [2.45, 2.75) is 0 Å². The lowest BCUT2D eigenvalue weighted by atomic mass is 10.2. The van der Waals surface area contributed by atoms with Crippen molar-refractivity contribution in [3.05, 3.63) is 71.8 Å². The zero-order valence-electron chi connectivity index (χ0n) is 11.2. The molecule has 0 radical (unpaired) electrons. The van der Waals surface area contributed by atoms with Crippen LogP contribution in [-0.2, 0) is 0 Å². The van der Waals surface area contributed by atoms with E-state index in [1.54, 1.807) is 23.5 Å². The molecule has 2 aromatic heterocycles. The topological polar surface area (TPSA) is 56.2 Å². The van der Waals surface area contributed by atoms with Crippen LogP contribution < -0.4 is 5.73 Å². The third kappa shape index (κ3) is 2.95. The number of rotatable bonds is 1. The summed E-state index contributed by atoms with van der Waals surface area (Å²) in [5.74, 6) is -0.331. The average Bonchev–Trinajstić information content (AvgIpc) is 3.14. The molecule has 4 aromatic rings. The van der Waals surface area contributed by atoms with E-state index in [1.807, 2.05) is 18.2 Å². The Morgan fingerprint density at radius 1 is 0.952 bits per heavy atom. The van der Waals surface area contributed by atoms with E-state index < -0.39 is 5.91 Å². The lowest BCUT2D eigenvalue weighted by Gasteiger charge is -1.83. The number of carbonyl (C=O) groups excluding carboxylic acids is 1. The quantitative estimate of drug-likeness (QED) is 0.564. The number of para-hydroxylation sites is 1. The van der Waals surface area contributed by atoms with Gasteiger partial charge in [-0.05, 0) is 35.0 Å². The van der Waals surface area contributed by atoms with E-state index in [9.17, 15) is 4.79 Å². The highest BCUT2D eigenvalue weighted by molar-refractivity contribution is 7.17. The zero-order chi connectivity index (χ0) is 14.7. The molecule has 0 saturated heterocycles. The first kappa shape index (κ1) is 13.4. The molecule has 0 unspecified atom stereocenters. The van der Waals surface area contributed by atoms with Gasteiger partial charge in [0.1, 0.15) is 5.58 Å². The first-order valence-electron chi connectivity index (χ1n) is 6.44. The van der Waals surface area contributed by atoms with Gasteiger partial charge in [-0.25, -0.2) is 0 Å². The molecule has 104 valence electrons. The summed E-state index contributed by atoms with van der Waals surface area (Å²) < 4.78 is 6.53. The van der Waals surface area contributed by atoms with E-state index in [0.717, 1.165) is 5.39 Å². The van der Waals surface area contributed by atoms with Crippen LogP contribution in [0.5, 0.6) is 0 Å². The monoisotopic (exact) mass is 295 g/mol. The normalized spacial score (nSPS) is 10.3. The molecular formula is C17H13NO2S. The van der Waals surface area contributed by atoms with Crippen LogP contribution in [0.3, 0.4) is 0 Å². The highest BCUT2D eigenvalue weighted by Gasteiger charge is 2.06. The Kier molecular flexibility index (Phi) is 3.71. The van der Waals surface area contributed by atoms with Crippen molar-refractivity contribution in [2.24, 2.45) is 5.73 Å². The minimum absolute atomic E-state index is 0.205. The summed E-state index contributed by atoms with van der Waals surface area (Å²) in [6, 6.07) is 19.6. The van der Waals surface area contributed by atoms with Crippen molar-refractivity contribution in [3.8, 4) is 0 Å². The van der Waals surface area contributed by atoms with Crippen molar-refractivity contribution in [3.63, 3.8) is 0 Å². The van der Waals surface area contributed by atoms with Crippen LogP contribution in [0.25, 0.3) is 21.1 Å². The molecule has 2 aromatic carbocycles. The first-order chi connectivity index (χ1) is 10.2. The van der Waals surface area contributed by atoms with Gasteiger partial charge >= 0.3 is 0 Å². The van der Waals surface area contributed by atoms with E-state index in [0.29, 0.717) is 5.58 Å². The van der Waals surface area contributed by atoms with E-state index in [2.05, 4.69) is 35.7 Å². The van der Waals surface area contributed by atoms with Crippen LogP contribution in [0.15, 0.2) is 70.5 Å². The van der Waals surface area contributed by atoms with Crippen LogP contribution in [-0.4, -0.2) is 5.91 Å². The summed E-state index contributed by atoms with van der Waals surface area (Å²) in [6.45, 7) is 0. The lowest BCUT2D eigenvalue weighted by Crippen LogP contribution is -2.08. The fraction of sp³-hybridized carbons (Fsp3) is 0. The van der Waals surface area contributed by atoms with Gasteiger partial charge in [-0.15, -0.1) is 11.3 Å². The van der Waals surface area contributed by atoms with Crippen LogP contribution in [0.4, 0.5) is 0 Å². The highest BCUT2D eigenvalue weighted by atomic mass is 32.1. The summed E-state index contributed by atoms with van der Waals surface area (Å²) >= 11 is 1.79. The van der Waals surface area contributed by atoms with E-state index in [4.69, 9.17) is 10.2 Å². The number of fused-ring (bicyclic) bond motifs is 2. The van der Waals surface area contributed by atoms with Crippen LogP contribution in [0.2, 0.25) is 0 Å². The van der Waals surface area contributed by atoms with E-state index in [1.165, 1.54) is 10.1 Å². The molecule has 1 amide bonds. The lowest BCUT2D eigenvalue weighted by molar-refractivity contribution is 0.0976. The predicted octanol–water partition coefficient (Wildman–Crippen LogP) is 4.43. The van der Waals surface area contributed by atoms with Gasteiger partial charge in [-0.1, -0.05) is 36.4 Å². The second kappa shape index (κ2) is 5.81. The molecule has 0 aliphatic carbocycles. The predicted molar refractivity (Wildman–Crippen MR) is 86.6 cm³/mol. The van der Waals surface area contributed by atoms with Crippen molar-refractivity contribution in [1.29, 1.82) is 0 Å². The molecule has 0 atom stereocenters. The molecule has 2 heterocycles.